The van der Waals surface area contributed by atoms with Crippen LogP contribution in [0, 0.1) is 0 Å². The molecule has 1 aliphatic rings. The SMILES string of the molecule is Oc1c2cc(Cn3cncn3)cc1Cc1cc(Cn3cncn3)cc(c1O)Cc1cc(Cn3cncn3)cc(c1O)Cc1cc(Cn3cncn3)cc(c1O)C2. The Morgan fingerprint density at radius 2 is 0.536 bits per heavy atom. The van der Waals surface area contributed by atoms with Crippen LogP contribution < -0.4 is 0 Å². The van der Waals surface area contributed by atoms with Gasteiger partial charge in [-0.15, -0.1) is 0 Å². The average Bonchev–Trinajstić information content (AvgIpc) is 4.03. The average molecular weight is 749 g/mol. The minimum atomic E-state index is 0.0605. The highest BCUT2D eigenvalue weighted by Gasteiger charge is 2.22. The molecule has 4 aromatic heterocycles. The molecule has 0 radical (unpaired) electrons. The molecule has 0 amide bonds. The molecule has 16 heteroatoms. The van der Waals surface area contributed by atoms with E-state index in [2.05, 4.69) is 40.3 Å². The molecule has 56 heavy (non-hydrogen) atoms. The van der Waals surface area contributed by atoms with Crippen molar-refractivity contribution < 1.29 is 20.4 Å². The summed E-state index contributed by atoms with van der Waals surface area (Å²) in [5, 5.41) is 65.2. The highest BCUT2D eigenvalue weighted by molar-refractivity contribution is 5.57. The molecule has 16 nitrogen and oxygen atoms in total. The number of rotatable bonds is 8. The molecule has 0 saturated carbocycles. The number of aromatic hydroxyl groups is 4. The first-order valence-corrected chi connectivity index (χ1v) is 18.0. The molecular weight excluding hydrogens is 713 g/mol. The smallest absolute Gasteiger partial charge is 0.137 e. The van der Waals surface area contributed by atoms with Crippen LogP contribution >= 0.6 is 0 Å². The maximum atomic E-state index is 12.0. The summed E-state index contributed by atoms with van der Waals surface area (Å²) in [6, 6.07) is 15.3. The lowest BCUT2D eigenvalue weighted by Crippen LogP contribution is -2.08. The van der Waals surface area contributed by atoms with Crippen molar-refractivity contribution in [2.75, 3.05) is 0 Å². The number of fused-ring (bicyclic) bond motifs is 8. The summed E-state index contributed by atoms with van der Waals surface area (Å²) < 4.78 is 6.80. The fourth-order valence-corrected chi connectivity index (χ4v) is 7.60. The molecule has 4 N–H and O–H groups in total. The van der Waals surface area contributed by atoms with Crippen LogP contribution in [-0.4, -0.2) is 79.5 Å². The third-order valence-corrected chi connectivity index (χ3v) is 10.1. The Kier molecular flexibility index (Phi) is 8.89. The van der Waals surface area contributed by atoms with Crippen LogP contribution in [0.15, 0.2) is 99.1 Å². The summed E-state index contributed by atoms with van der Waals surface area (Å²) >= 11 is 0. The highest BCUT2D eigenvalue weighted by Crippen LogP contribution is 2.39. The first kappa shape index (κ1) is 34.4. The molecule has 4 heterocycles. The zero-order valence-electron chi connectivity index (χ0n) is 30.0. The van der Waals surface area contributed by atoms with Gasteiger partial charge >= 0.3 is 0 Å². The second-order valence-corrected chi connectivity index (χ2v) is 14.1. The van der Waals surface area contributed by atoms with Gasteiger partial charge in [0, 0.05) is 25.7 Å². The molecule has 8 bridgehead atoms. The van der Waals surface area contributed by atoms with Crippen molar-refractivity contribution in [3.05, 3.63) is 166 Å². The van der Waals surface area contributed by atoms with Crippen molar-refractivity contribution in [1.82, 2.24) is 59.1 Å². The molecule has 4 aromatic carbocycles. The summed E-state index contributed by atoms with van der Waals surface area (Å²) in [7, 11) is 0. The number of phenolic OH excluding ortho intramolecular Hbond substituents is 4. The van der Waals surface area contributed by atoms with Gasteiger partial charge in [-0.1, -0.05) is 0 Å². The van der Waals surface area contributed by atoms with E-state index >= 15 is 0 Å². The van der Waals surface area contributed by atoms with Crippen LogP contribution in [0.1, 0.15) is 66.8 Å². The van der Waals surface area contributed by atoms with Crippen molar-refractivity contribution in [1.29, 1.82) is 0 Å². The Morgan fingerprint density at radius 3 is 0.696 bits per heavy atom. The van der Waals surface area contributed by atoms with Crippen LogP contribution in [0.25, 0.3) is 0 Å². The fraction of sp³-hybridized carbons (Fsp3) is 0.200. The number of benzene rings is 4. The van der Waals surface area contributed by atoms with Crippen LogP contribution in [0.3, 0.4) is 0 Å². The number of aromatic nitrogens is 12. The van der Waals surface area contributed by atoms with Gasteiger partial charge in [-0.3, -0.25) is 0 Å². The maximum absolute atomic E-state index is 12.0. The van der Waals surface area contributed by atoms with E-state index in [4.69, 9.17) is 0 Å². The van der Waals surface area contributed by atoms with Gasteiger partial charge in [-0.05, 0) is 115 Å². The largest absolute Gasteiger partial charge is 0.507 e. The van der Waals surface area contributed by atoms with E-state index in [9.17, 15) is 20.4 Å². The summed E-state index contributed by atoms with van der Waals surface area (Å²) in [4.78, 5) is 16.4. The van der Waals surface area contributed by atoms with Crippen LogP contribution in [0.5, 0.6) is 23.0 Å². The Hall–Kier alpha value is -7.36. The molecule has 9 rings (SSSR count). The molecule has 280 valence electrons. The van der Waals surface area contributed by atoms with E-state index in [0.717, 1.165) is 22.3 Å². The molecule has 8 aromatic rings. The summed E-state index contributed by atoms with van der Waals surface area (Å²) in [5.74, 6) is 0.242. The normalized spacial score (nSPS) is 12.6. The van der Waals surface area contributed by atoms with Gasteiger partial charge in [0.05, 0.1) is 26.2 Å². The minimum absolute atomic E-state index is 0.0605. The van der Waals surface area contributed by atoms with Crippen molar-refractivity contribution in [3.63, 3.8) is 0 Å². The summed E-state index contributed by atoms with van der Waals surface area (Å²) in [5.41, 5.74) is 8.11. The van der Waals surface area contributed by atoms with Gasteiger partial charge in [0.15, 0.2) is 0 Å². The molecule has 0 atom stereocenters. The van der Waals surface area contributed by atoms with Gasteiger partial charge < -0.3 is 20.4 Å². The molecule has 0 fully saturated rings. The number of hydrogen-bond donors (Lipinski definition) is 4. The lowest BCUT2D eigenvalue weighted by Gasteiger charge is -2.20. The van der Waals surface area contributed by atoms with Crippen molar-refractivity contribution in [2.24, 2.45) is 0 Å². The quantitative estimate of drug-likeness (QED) is 0.176. The molecular formula is C40H36N12O4. The van der Waals surface area contributed by atoms with Gasteiger partial charge in [0.2, 0.25) is 0 Å². The summed E-state index contributed by atoms with van der Waals surface area (Å²) in [6.07, 6.45) is 13.1. The predicted octanol–water partition coefficient (Wildman–Crippen LogP) is 3.74. The number of hydrogen-bond acceptors (Lipinski definition) is 12. The first-order chi connectivity index (χ1) is 27.3. The second kappa shape index (κ2) is 14.5. The predicted molar refractivity (Wildman–Crippen MR) is 200 cm³/mol. The third kappa shape index (κ3) is 7.14. The standard InChI is InChI=1S/C40H36N12O4/c53-37-29-1-25(13-49-21-41-17-45-49)2-30(37)10-32-5-27(15-51-23-43-19-47-51)6-35(39(32)55)12-36-8-28(16-52-24-44-20-48-52)7-34(40(36)56)11-33-4-26(3-31(9-29)38(33)54)14-50-22-42-18-46-50/h1-8,17-24,53-56H,9-16H2. The van der Waals surface area contributed by atoms with E-state index in [-0.39, 0.29) is 48.7 Å². The lowest BCUT2D eigenvalue weighted by molar-refractivity contribution is 0.449. The van der Waals surface area contributed by atoms with E-state index in [1.165, 1.54) is 25.3 Å². The van der Waals surface area contributed by atoms with Gasteiger partial charge in [0.25, 0.3) is 0 Å². The lowest BCUT2D eigenvalue weighted by atomic mass is 9.88. The van der Waals surface area contributed by atoms with Crippen LogP contribution in [0.4, 0.5) is 0 Å². The van der Waals surface area contributed by atoms with E-state index < -0.39 is 0 Å². The van der Waals surface area contributed by atoms with Crippen molar-refractivity contribution in [2.45, 2.75) is 51.9 Å². The van der Waals surface area contributed by atoms with Crippen LogP contribution in [-0.2, 0) is 51.9 Å². The molecule has 0 aliphatic heterocycles. The van der Waals surface area contributed by atoms with Gasteiger partial charge in [-0.2, -0.15) is 20.4 Å². The van der Waals surface area contributed by atoms with Gasteiger partial charge in [0.1, 0.15) is 73.6 Å². The summed E-state index contributed by atoms with van der Waals surface area (Å²) in [6.45, 7) is 1.55. The van der Waals surface area contributed by atoms with Gasteiger partial charge in [-0.25, -0.2) is 38.7 Å². The topological polar surface area (TPSA) is 204 Å². The minimum Gasteiger partial charge on any atom is -0.507 e. The van der Waals surface area contributed by atoms with E-state index in [1.807, 2.05) is 48.5 Å². The van der Waals surface area contributed by atoms with E-state index in [0.29, 0.717) is 70.7 Å². The first-order valence-electron chi connectivity index (χ1n) is 18.0. The van der Waals surface area contributed by atoms with E-state index in [1.54, 1.807) is 44.0 Å². The number of nitrogens with zero attached hydrogens (tertiary/aromatic N) is 12. The number of phenols is 4. The molecule has 0 spiro atoms. The third-order valence-electron chi connectivity index (χ3n) is 10.1. The Morgan fingerprint density at radius 1 is 0.339 bits per heavy atom. The monoisotopic (exact) mass is 748 g/mol. The maximum Gasteiger partial charge on any atom is 0.137 e. The van der Waals surface area contributed by atoms with Crippen molar-refractivity contribution in [3.8, 4) is 23.0 Å². The Bertz CT molecular complexity index is 2180. The zero-order chi connectivity index (χ0) is 38.2. The molecule has 0 saturated heterocycles. The Labute approximate surface area is 319 Å². The van der Waals surface area contributed by atoms with Crippen molar-refractivity contribution >= 4 is 0 Å². The fourth-order valence-electron chi connectivity index (χ4n) is 7.60. The molecule has 0 unspecified atom stereocenters. The molecule has 1 aliphatic carbocycles. The highest BCUT2D eigenvalue weighted by atomic mass is 16.3. The second-order valence-electron chi connectivity index (χ2n) is 14.1. The zero-order valence-corrected chi connectivity index (χ0v) is 30.0. The Balaban J connectivity index is 1.25. The van der Waals surface area contributed by atoms with Crippen LogP contribution in [0.2, 0.25) is 0 Å².